The summed E-state index contributed by atoms with van der Waals surface area (Å²) in [5.74, 6) is 5.48. The van der Waals surface area contributed by atoms with E-state index < -0.39 is 0 Å². The summed E-state index contributed by atoms with van der Waals surface area (Å²) in [5.41, 5.74) is 0. The zero-order valence-electron chi connectivity index (χ0n) is 12.5. The standard InChI is InChI=1S/C17H30N2/c1-19(10-16-3-2-4-18-16)11-17-14-6-12-5-13(8-14)9-15(17)7-12/h12-18H,2-11H2,1H3. The fraction of sp³-hybridized carbons (Fsp3) is 1.00. The van der Waals surface area contributed by atoms with Crippen LogP contribution in [0.1, 0.15) is 44.9 Å². The van der Waals surface area contributed by atoms with Crippen molar-refractivity contribution in [2.75, 3.05) is 26.7 Å². The number of rotatable bonds is 4. The maximum Gasteiger partial charge on any atom is 0.0195 e. The van der Waals surface area contributed by atoms with Gasteiger partial charge >= 0.3 is 0 Å². The van der Waals surface area contributed by atoms with Gasteiger partial charge in [-0.2, -0.15) is 0 Å². The molecule has 1 aliphatic heterocycles. The predicted molar refractivity (Wildman–Crippen MR) is 79.1 cm³/mol. The van der Waals surface area contributed by atoms with Gasteiger partial charge in [0.2, 0.25) is 0 Å². The van der Waals surface area contributed by atoms with E-state index in [1.165, 1.54) is 32.5 Å². The third-order valence-electron chi connectivity index (χ3n) is 6.64. The zero-order valence-corrected chi connectivity index (χ0v) is 12.5. The molecule has 19 heavy (non-hydrogen) atoms. The molecule has 0 radical (unpaired) electrons. The Kier molecular flexibility index (Phi) is 3.35. The lowest BCUT2D eigenvalue weighted by Gasteiger charge is -2.55. The number of likely N-dealkylation sites (N-methyl/N-ethyl adjacent to an activating group) is 1. The van der Waals surface area contributed by atoms with Gasteiger partial charge in [-0.1, -0.05) is 0 Å². The molecule has 108 valence electrons. The second-order valence-electron chi connectivity index (χ2n) is 8.11. The Balaban J connectivity index is 1.34. The van der Waals surface area contributed by atoms with Crippen LogP contribution in [0.2, 0.25) is 0 Å². The van der Waals surface area contributed by atoms with Gasteiger partial charge in [-0.25, -0.2) is 0 Å². The maximum absolute atomic E-state index is 3.65. The van der Waals surface area contributed by atoms with E-state index in [1.54, 1.807) is 32.1 Å². The van der Waals surface area contributed by atoms with Crippen LogP contribution in [-0.2, 0) is 0 Å². The molecule has 0 spiro atoms. The molecule has 4 bridgehead atoms. The van der Waals surface area contributed by atoms with Crippen LogP contribution in [0.4, 0.5) is 0 Å². The molecule has 0 aromatic rings. The minimum atomic E-state index is 0.779. The van der Waals surface area contributed by atoms with Crippen molar-refractivity contribution in [1.82, 2.24) is 10.2 Å². The van der Waals surface area contributed by atoms with Gasteiger partial charge in [-0.05, 0) is 88.1 Å². The Hall–Kier alpha value is -0.0800. The fourth-order valence-corrected chi connectivity index (χ4v) is 6.06. The number of hydrogen-bond donors (Lipinski definition) is 1. The molecule has 1 atom stereocenters. The van der Waals surface area contributed by atoms with E-state index in [-0.39, 0.29) is 0 Å². The molecule has 5 rings (SSSR count). The summed E-state index contributed by atoms with van der Waals surface area (Å²) in [5, 5.41) is 3.65. The van der Waals surface area contributed by atoms with Crippen LogP contribution in [0.5, 0.6) is 0 Å². The third kappa shape index (κ3) is 2.47. The zero-order chi connectivity index (χ0) is 12.8. The second kappa shape index (κ2) is 5.04. The highest BCUT2D eigenvalue weighted by Crippen LogP contribution is 2.56. The van der Waals surface area contributed by atoms with E-state index in [0.29, 0.717) is 0 Å². The summed E-state index contributed by atoms with van der Waals surface area (Å²) < 4.78 is 0. The molecular formula is C17H30N2. The highest BCUT2D eigenvalue weighted by molar-refractivity contribution is 4.98. The van der Waals surface area contributed by atoms with Crippen molar-refractivity contribution in [2.24, 2.45) is 29.6 Å². The van der Waals surface area contributed by atoms with E-state index in [0.717, 1.165) is 35.6 Å². The molecule has 1 saturated heterocycles. The molecule has 0 aromatic heterocycles. The normalized spacial score (nSPS) is 48.3. The minimum Gasteiger partial charge on any atom is -0.313 e. The summed E-state index contributed by atoms with van der Waals surface area (Å²) >= 11 is 0. The van der Waals surface area contributed by atoms with Crippen LogP contribution in [-0.4, -0.2) is 37.6 Å². The molecule has 4 saturated carbocycles. The second-order valence-corrected chi connectivity index (χ2v) is 8.11. The fourth-order valence-electron chi connectivity index (χ4n) is 6.06. The predicted octanol–water partition coefficient (Wildman–Crippen LogP) is 2.74. The Morgan fingerprint density at radius 2 is 1.63 bits per heavy atom. The molecule has 0 amide bonds. The van der Waals surface area contributed by atoms with Crippen molar-refractivity contribution in [3.63, 3.8) is 0 Å². The lowest BCUT2D eigenvalue weighted by atomic mass is 9.52. The summed E-state index contributed by atoms with van der Waals surface area (Å²) in [6, 6.07) is 0.779. The average Bonchev–Trinajstić information content (AvgIpc) is 2.85. The first-order valence-electron chi connectivity index (χ1n) is 8.70. The largest absolute Gasteiger partial charge is 0.313 e. The topological polar surface area (TPSA) is 15.3 Å². The van der Waals surface area contributed by atoms with Crippen molar-refractivity contribution in [3.05, 3.63) is 0 Å². The average molecular weight is 262 g/mol. The van der Waals surface area contributed by atoms with Crippen molar-refractivity contribution >= 4 is 0 Å². The Bertz CT molecular complexity index is 293. The van der Waals surface area contributed by atoms with Crippen molar-refractivity contribution in [3.8, 4) is 0 Å². The van der Waals surface area contributed by atoms with E-state index in [2.05, 4.69) is 17.3 Å². The molecular weight excluding hydrogens is 232 g/mol. The number of nitrogens with zero attached hydrogens (tertiary/aromatic N) is 1. The highest BCUT2D eigenvalue weighted by atomic mass is 15.1. The van der Waals surface area contributed by atoms with E-state index >= 15 is 0 Å². The molecule has 5 aliphatic rings. The molecule has 1 heterocycles. The van der Waals surface area contributed by atoms with Gasteiger partial charge in [0.05, 0.1) is 0 Å². The van der Waals surface area contributed by atoms with Crippen molar-refractivity contribution < 1.29 is 0 Å². The molecule has 2 heteroatoms. The Labute approximate surface area is 118 Å². The van der Waals surface area contributed by atoms with E-state index in [9.17, 15) is 0 Å². The van der Waals surface area contributed by atoms with E-state index in [4.69, 9.17) is 0 Å². The molecule has 1 N–H and O–H groups in total. The van der Waals surface area contributed by atoms with Gasteiger partial charge < -0.3 is 10.2 Å². The minimum absolute atomic E-state index is 0.779. The van der Waals surface area contributed by atoms with Crippen LogP contribution < -0.4 is 5.32 Å². The molecule has 0 aromatic carbocycles. The van der Waals surface area contributed by atoms with Gasteiger partial charge in [0.1, 0.15) is 0 Å². The van der Waals surface area contributed by atoms with Gasteiger partial charge in [0.25, 0.3) is 0 Å². The summed E-state index contributed by atoms with van der Waals surface area (Å²) in [6.45, 7) is 3.91. The first-order valence-corrected chi connectivity index (χ1v) is 8.70. The van der Waals surface area contributed by atoms with Gasteiger partial charge in [-0.3, -0.25) is 0 Å². The first kappa shape index (κ1) is 12.6. The summed E-state index contributed by atoms with van der Waals surface area (Å²) in [6.07, 6.45) is 10.7. The molecule has 5 fully saturated rings. The Morgan fingerprint density at radius 1 is 0.947 bits per heavy atom. The third-order valence-corrected chi connectivity index (χ3v) is 6.64. The molecule has 1 unspecified atom stereocenters. The summed E-state index contributed by atoms with van der Waals surface area (Å²) in [4.78, 5) is 2.65. The monoisotopic (exact) mass is 262 g/mol. The number of hydrogen-bond acceptors (Lipinski definition) is 2. The smallest absolute Gasteiger partial charge is 0.0195 e. The van der Waals surface area contributed by atoms with Crippen molar-refractivity contribution in [1.29, 1.82) is 0 Å². The van der Waals surface area contributed by atoms with Crippen LogP contribution in [0, 0.1) is 29.6 Å². The van der Waals surface area contributed by atoms with Gasteiger partial charge in [-0.15, -0.1) is 0 Å². The lowest BCUT2D eigenvalue weighted by molar-refractivity contribution is -0.0471. The van der Waals surface area contributed by atoms with Crippen molar-refractivity contribution in [2.45, 2.75) is 51.0 Å². The highest BCUT2D eigenvalue weighted by Gasteiger charge is 2.48. The number of nitrogens with one attached hydrogen (secondary N) is 1. The molecule has 4 aliphatic carbocycles. The van der Waals surface area contributed by atoms with Gasteiger partial charge in [0, 0.05) is 19.1 Å². The van der Waals surface area contributed by atoms with E-state index in [1.807, 2.05) is 0 Å². The lowest BCUT2D eigenvalue weighted by Crippen LogP contribution is -2.49. The van der Waals surface area contributed by atoms with Crippen LogP contribution in [0.25, 0.3) is 0 Å². The Morgan fingerprint density at radius 3 is 2.21 bits per heavy atom. The molecule has 2 nitrogen and oxygen atoms in total. The maximum atomic E-state index is 3.65. The van der Waals surface area contributed by atoms with Crippen LogP contribution >= 0.6 is 0 Å². The first-order chi connectivity index (χ1) is 9.28. The van der Waals surface area contributed by atoms with Crippen LogP contribution in [0.3, 0.4) is 0 Å². The SMILES string of the molecule is CN(CC1CCCN1)CC1C2CC3CC(C2)CC1C3. The summed E-state index contributed by atoms with van der Waals surface area (Å²) in [7, 11) is 2.37. The quantitative estimate of drug-likeness (QED) is 0.838. The van der Waals surface area contributed by atoms with Gasteiger partial charge in [0.15, 0.2) is 0 Å². The van der Waals surface area contributed by atoms with Crippen LogP contribution in [0.15, 0.2) is 0 Å².